The number of carbonyl (C=O) groups excluding carboxylic acids is 1. The summed E-state index contributed by atoms with van der Waals surface area (Å²) in [6.07, 6.45) is 3.82. The Morgan fingerprint density at radius 1 is 1.21 bits per heavy atom. The summed E-state index contributed by atoms with van der Waals surface area (Å²) in [4.78, 5) is 18.5. The van der Waals surface area contributed by atoms with Gasteiger partial charge < -0.3 is 19.5 Å². The molecule has 0 radical (unpaired) electrons. The fourth-order valence-corrected chi connectivity index (χ4v) is 4.70. The number of amides is 1. The Kier molecular flexibility index (Phi) is 7.33. The minimum atomic E-state index is -0.00921. The first kappa shape index (κ1) is 21.4. The Balaban J connectivity index is 1.66. The van der Waals surface area contributed by atoms with Crippen LogP contribution < -0.4 is 19.5 Å². The van der Waals surface area contributed by atoms with Gasteiger partial charge in [0.2, 0.25) is 11.7 Å². The molecule has 29 heavy (non-hydrogen) atoms. The predicted molar refractivity (Wildman–Crippen MR) is 113 cm³/mol. The van der Waals surface area contributed by atoms with Crippen molar-refractivity contribution in [3.8, 4) is 17.2 Å². The van der Waals surface area contributed by atoms with E-state index in [1.807, 2.05) is 17.5 Å². The van der Waals surface area contributed by atoms with Crippen LogP contribution in [0.15, 0.2) is 23.7 Å². The van der Waals surface area contributed by atoms with E-state index in [-0.39, 0.29) is 11.9 Å². The van der Waals surface area contributed by atoms with Crippen LogP contribution in [-0.4, -0.2) is 50.2 Å². The second-order valence-corrected chi connectivity index (χ2v) is 8.12. The maximum absolute atomic E-state index is 11.7. The molecule has 8 heteroatoms. The molecule has 0 unspecified atom stereocenters. The highest BCUT2D eigenvalue weighted by molar-refractivity contribution is 7.09. The number of benzene rings is 1. The fraction of sp³-hybridized carbons (Fsp3) is 0.524. The van der Waals surface area contributed by atoms with Crippen molar-refractivity contribution in [3.05, 3.63) is 34.3 Å². The number of nitrogens with one attached hydrogen (secondary N) is 1. The molecule has 1 aliphatic rings. The molecule has 1 atom stereocenters. The van der Waals surface area contributed by atoms with Crippen LogP contribution in [-0.2, 0) is 11.3 Å². The summed E-state index contributed by atoms with van der Waals surface area (Å²) in [6.45, 7) is 4.30. The van der Waals surface area contributed by atoms with Gasteiger partial charge in [0.15, 0.2) is 11.5 Å². The van der Waals surface area contributed by atoms with E-state index in [9.17, 15) is 4.79 Å². The van der Waals surface area contributed by atoms with Crippen LogP contribution in [0.2, 0.25) is 0 Å². The van der Waals surface area contributed by atoms with Gasteiger partial charge in [-0.2, -0.15) is 0 Å². The zero-order valence-corrected chi connectivity index (χ0v) is 18.3. The summed E-state index contributed by atoms with van der Waals surface area (Å²) in [6, 6.07) is 4.00. The van der Waals surface area contributed by atoms with Crippen LogP contribution >= 0.6 is 11.3 Å². The van der Waals surface area contributed by atoms with E-state index in [2.05, 4.69) is 15.2 Å². The van der Waals surface area contributed by atoms with Gasteiger partial charge in [0, 0.05) is 25.0 Å². The minimum absolute atomic E-state index is 0.00387. The number of likely N-dealkylation sites (tertiary alicyclic amines) is 1. The number of methoxy groups -OCH3 is 3. The standard InChI is InChI=1S/C21H29N3O4S/c1-14(25)23-19(21-22-7-10-29-21)16-5-8-24(9-6-16)13-15-11-17(26-2)20(28-4)18(12-15)27-3/h7,10-12,16,19H,5-6,8-9,13H2,1-4H3,(H,23,25)/t19-/m1/s1. The van der Waals surface area contributed by atoms with Crippen molar-refractivity contribution < 1.29 is 19.0 Å². The molecule has 0 aliphatic carbocycles. The smallest absolute Gasteiger partial charge is 0.217 e. The molecule has 158 valence electrons. The highest BCUT2D eigenvalue weighted by atomic mass is 32.1. The van der Waals surface area contributed by atoms with Gasteiger partial charge in [-0.1, -0.05) is 0 Å². The number of thiazole rings is 1. The van der Waals surface area contributed by atoms with Crippen LogP contribution in [0, 0.1) is 5.92 Å². The number of carbonyl (C=O) groups is 1. The summed E-state index contributed by atoms with van der Waals surface area (Å²) in [5.74, 6) is 2.34. The summed E-state index contributed by atoms with van der Waals surface area (Å²) in [7, 11) is 4.87. The maximum Gasteiger partial charge on any atom is 0.217 e. The molecule has 7 nitrogen and oxygen atoms in total. The quantitative estimate of drug-likeness (QED) is 0.708. The fourth-order valence-electron chi connectivity index (χ4n) is 3.92. The van der Waals surface area contributed by atoms with Crippen molar-refractivity contribution in [1.29, 1.82) is 0 Å². The van der Waals surface area contributed by atoms with Crippen LogP contribution in [0.25, 0.3) is 0 Å². The van der Waals surface area contributed by atoms with E-state index >= 15 is 0 Å². The molecule has 2 heterocycles. The molecule has 1 aliphatic heterocycles. The van der Waals surface area contributed by atoms with E-state index in [1.165, 1.54) is 0 Å². The summed E-state index contributed by atoms with van der Waals surface area (Å²) in [5, 5.41) is 6.05. The van der Waals surface area contributed by atoms with Crippen LogP contribution in [0.3, 0.4) is 0 Å². The SMILES string of the molecule is COc1cc(CN2CCC([C@@H](NC(C)=O)c3nccs3)CC2)cc(OC)c1OC. The average molecular weight is 420 g/mol. The second kappa shape index (κ2) is 9.93. The van der Waals surface area contributed by atoms with E-state index in [0.717, 1.165) is 43.0 Å². The van der Waals surface area contributed by atoms with E-state index in [0.29, 0.717) is 23.2 Å². The van der Waals surface area contributed by atoms with Gasteiger partial charge in [-0.3, -0.25) is 9.69 Å². The van der Waals surface area contributed by atoms with Gasteiger partial charge >= 0.3 is 0 Å². The van der Waals surface area contributed by atoms with Crippen molar-refractivity contribution in [2.75, 3.05) is 34.4 Å². The Morgan fingerprint density at radius 3 is 2.34 bits per heavy atom. The molecule has 1 aromatic carbocycles. The van der Waals surface area contributed by atoms with Gasteiger partial charge in [0.1, 0.15) is 5.01 Å². The normalized spacial score (nSPS) is 16.3. The molecule has 0 saturated carbocycles. The molecular weight excluding hydrogens is 390 g/mol. The van der Waals surface area contributed by atoms with E-state index in [1.54, 1.807) is 45.8 Å². The minimum Gasteiger partial charge on any atom is -0.493 e. The summed E-state index contributed by atoms with van der Waals surface area (Å²) < 4.78 is 16.3. The van der Waals surface area contributed by atoms with Gasteiger partial charge in [-0.15, -0.1) is 11.3 Å². The zero-order chi connectivity index (χ0) is 20.8. The van der Waals surface area contributed by atoms with Crippen molar-refractivity contribution >= 4 is 17.2 Å². The molecular formula is C21H29N3O4S. The summed E-state index contributed by atoms with van der Waals surface area (Å²) in [5.41, 5.74) is 1.12. The Hall–Kier alpha value is -2.32. The molecule has 1 fully saturated rings. The molecule has 2 aromatic rings. The van der Waals surface area contributed by atoms with E-state index in [4.69, 9.17) is 14.2 Å². The highest BCUT2D eigenvalue weighted by Crippen LogP contribution is 2.39. The molecule has 1 amide bonds. The van der Waals surface area contributed by atoms with Crippen LogP contribution in [0.4, 0.5) is 0 Å². The highest BCUT2D eigenvalue weighted by Gasteiger charge is 2.30. The molecule has 1 saturated heterocycles. The third kappa shape index (κ3) is 5.19. The molecule has 1 N–H and O–H groups in total. The second-order valence-electron chi connectivity index (χ2n) is 7.20. The Morgan fingerprint density at radius 2 is 1.86 bits per heavy atom. The number of hydrogen-bond donors (Lipinski definition) is 1. The van der Waals surface area contributed by atoms with Gasteiger partial charge in [0.05, 0.1) is 27.4 Å². The van der Waals surface area contributed by atoms with Gasteiger partial charge in [-0.05, 0) is 49.5 Å². The maximum atomic E-state index is 11.7. The van der Waals surface area contributed by atoms with Gasteiger partial charge in [0.25, 0.3) is 0 Å². The number of aromatic nitrogens is 1. The number of nitrogens with zero attached hydrogens (tertiary/aromatic N) is 2. The Bertz CT molecular complexity index is 779. The lowest BCUT2D eigenvalue weighted by Crippen LogP contribution is -2.40. The molecule has 0 spiro atoms. The van der Waals surface area contributed by atoms with Crippen molar-refractivity contribution in [2.45, 2.75) is 32.4 Å². The molecule has 3 rings (SSSR count). The third-order valence-electron chi connectivity index (χ3n) is 5.31. The van der Waals surface area contributed by atoms with Crippen LogP contribution in [0.1, 0.15) is 36.4 Å². The lowest BCUT2D eigenvalue weighted by atomic mass is 9.89. The average Bonchev–Trinajstić information content (AvgIpc) is 3.26. The van der Waals surface area contributed by atoms with E-state index < -0.39 is 0 Å². The largest absolute Gasteiger partial charge is 0.493 e. The van der Waals surface area contributed by atoms with Crippen LogP contribution in [0.5, 0.6) is 17.2 Å². The lowest BCUT2D eigenvalue weighted by molar-refractivity contribution is -0.120. The van der Waals surface area contributed by atoms with Gasteiger partial charge in [-0.25, -0.2) is 4.98 Å². The first-order valence-electron chi connectivity index (χ1n) is 9.73. The summed E-state index contributed by atoms with van der Waals surface area (Å²) >= 11 is 1.60. The Labute approximate surface area is 176 Å². The predicted octanol–water partition coefficient (Wildman–Crippen LogP) is 3.26. The monoisotopic (exact) mass is 419 g/mol. The topological polar surface area (TPSA) is 72.9 Å². The van der Waals surface area contributed by atoms with Crippen molar-refractivity contribution in [3.63, 3.8) is 0 Å². The zero-order valence-electron chi connectivity index (χ0n) is 17.4. The third-order valence-corrected chi connectivity index (χ3v) is 6.17. The number of ether oxygens (including phenoxy) is 3. The lowest BCUT2D eigenvalue weighted by Gasteiger charge is -2.35. The van der Waals surface area contributed by atoms with Crippen molar-refractivity contribution in [1.82, 2.24) is 15.2 Å². The first-order chi connectivity index (χ1) is 14.0. The number of piperidine rings is 1. The molecule has 0 bridgehead atoms. The number of hydrogen-bond acceptors (Lipinski definition) is 7. The number of rotatable bonds is 8. The van der Waals surface area contributed by atoms with Crippen molar-refractivity contribution in [2.24, 2.45) is 5.92 Å². The first-order valence-corrected chi connectivity index (χ1v) is 10.6. The molecule has 1 aromatic heterocycles.